The Kier molecular flexibility index (Phi) is 22.6. The van der Waals surface area contributed by atoms with Gasteiger partial charge in [0.05, 0.1) is 25.4 Å². The summed E-state index contributed by atoms with van der Waals surface area (Å²) in [5.41, 5.74) is 0. The van der Waals surface area contributed by atoms with E-state index in [1.165, 1.54) is 37.4 Å². The predicted octanol–water partition coefficient (Wildman–Crippen LogP) is 4.41. The fourth-order valence-corrected chi connectivity index (χ4v) is 5.35. The summed E-state index contributed by atoms with van der Waals surface area (Å²) in [4.78, 5) is 0. The van der Waals surface area contributed by atoms with Crippen LogP contribution in [0, 0.1) is 11.8 Å². The fourth-order valence-electron chi connectivity index (χ4n) is 3.90. The van der Waals surface area contributed by atoms with Gasteiger partial charge in [-0.3, -0.25) is 0 Å². The van der Waals surface area contributed by atoms with Gasteiger partial charge in [-0.15, -0.1) is 11.8 Å². The highest BCUT2D eigenvalue weighted by Crippen LogP contribution is 2.29. The van der Waals surface area contributed by atoms with Gasteiger partial charge in [0.25, 0.3) is 0 Å². The Morgan fingerprint density at radius 2 is 1.00 bits per heavy atom. The lowest BCUT2D eigenvalue weighted by Gasteiger charge is -2.29. The number of thioether (sulfide) groups is 1. The van der Waals surface area contributed by atoms with Gasteiger partial charge < -0.3 is 29.9 Å². The van der Waals surface area contributed by atoms with Crippen LogP contribution >= 0.6 is 11.8 Å². The SMILES string of the molecule is CCCCC(CC)COCC(O)C(CCO)SC(CCO)C(O)COCC(CC)CCCC. The largest absolute Gasteiger partial charge is 0.396 e. The lowest BCUT2D eigenvalue weighted by molar-refractivity contribution is 0.0118. The van der Waals surface area contributed by atoms with Crippen LogP contribution in [0.3, 0.4) is 0 Å². The second-order valence-electron chi connectivity index (χ2n) is 9.28. The van der Waals surface area contributed by atoms with Crippen molar-refractivity contribution in [1.29, 1.82) is 0 Å². The molecule has 0 aromatic rings. The van der Waals surface area contributed by atoms with Crippen molar-refractivity contribution in [2.24, 2.45) is 11.8 Å². The maximum absolute atomic E-state index is 10.7. The highest BCUT2D eigenvalue weighted by Gasteiger charge is 2.28. The summed E-state index contributed by atoms with van der Waals surface area (Å²) >= 11 is 1.43. The molecule has 6 unspecified atom stereocenters. The summed E-state index contributed by atoms with van der Waals surface area (Å²) < 4.78 is 11.7. The van der Waals surface area contributed by atoms with Gasteiger partial charge in [0.1, 0.15) is 0 Å². The molecule has 0 saturated heterocycles. The highest BCUT2D eigenvalue weighted by atomic mass is 32.2. The van der Waals surface area contributed by atoms with Crippen LogP contribution in [0.15, 0.2) is 0 Å². The van der Waals surface area contributed by atoms with Gasteiger partial charge in [-0.1, -0.05) is 66.2 Å². The minimum Gasteiger partial charge on any atom is -0.396 e. The van der Waals surface area contributed by atoms with Crippen molar-refractivity contribution in [3.05, 3.63) is 0 Å². The molecule has 0 spiro atoms. The molecule has 0 bridgehead atoms. The molecule has 4 N–H and O–H groups in total. The molecule has 0 aliphatic rings. The van der Waals surface area contributed by atoms with Crippen LogP contribution in [0.2, 0.25) is 0 Å². The van der Waals surface area contributed by atoms with E-state index in [-0.39, 0.29) is 36.9 Å². The summed E-state index contributed by atoms with van der Waals surface area (Å²) in [6.07, 6.45) is 8.47. The molecule has 0 aliphatic heterocycles. The van der Waals surface area contributed by atoms with Gasteiger partial charge in [-0.25, -0.2) is 0 Å². The number of unbranched alkanes of at least 4 members (excludes halogenated alkanes) is 2. The maximum Gasteiger partial charge on any atom is 0.0892 e. The van der Waals surface area contributed by atoms with Crippen LogP contribution in [-0.4, -0.2) is 82.8 Å². The minimum atomic E-state index is -0.737. The molecule has 0 aliphatic carbocycles. The molecule has 0 aromatic carbocycles. The Bertz CT molecular complexity index is 378. The Labute approximate surface area is 207 Å². The van der Waals surface area contributed by atoms with Crippen LogP contribution in [-0.2, 0) is 9.47 Å². The molecule has 0 radical (unpaired) electrons. The van der Waals surface area contributed by atoms with Crippen LogP contribution in [0.1, 0.15) is 91.9 Å². The van der Waals surface area contributed by atoms with Gasteiger partial charge in [-0.2, -0.15) is 0 Å². The van der Waals surface area contributed by atoms with E-state index in [4.69, 9.17) is 9.47 Å². The molecule has 33 heavy (non-hydrogen) atoms. The lowest BCUT2D eigenvalue weighted by Crippen LogP contribution is -2.36. The van der Waals surface area contributed by atoms with E-state index in [9.17, 15) is 20.4 Å². The van der Waals surface area contributed by atoms with Gasteiger partial charge in [0, 0.05) is 36.9 Å². The third-order valence-corrected chi connectivity index (χ3v) is 8.20. The van der Waals surface area contributed by atoms with E-state index in [1.54, 1.807) is 0 Å². The van der Waals surface area contributed by atoms with Gasteiger partial charge in [0.2, 0.25) is 0 Å². The van der Waals surface area contributed by atoms with Crippen molar-refractivity contribution >= 4 is 11.8 Å². The normalized spacial score (nSPS) is 17.5. The predicted molar refractivity (Wildman–Crippen MR) is 139 cm³/mol. The number of aliphatic hydroxyl groups is 4. The summed E-state index contributed by atoms with van der Waals surface area (Å²) in [5.74, 6) is 1.01. The second-order valence-corrected chi connectivity index (χ2v) is 10.8. The second kappa shape index (κ2) is 22.6. The van der Waals surface area contributed by atoms with Gasteiger partial charge in [0.15, 0.2) is 0 Å². The zero-order valence-corrected chi connectivity index (χ0v) is 22.6. The Balaban J connectivity index is 4.69. The van der Waals surface area contributed by atoms with Crippen LogP contribution in [0.5, 0.6) is 0 Å². The maximum atomic E-state index is 10.7. The standard InChI is InChI=1S/C26H54O6S/c1-5-9-11-21(7-3)17-31-19-23(29)25(13-15-27)33-26(14-16-28)24(30)20-32-18-22(8-4)12-10-6-2/h21-30H,5-20H2,1-4H3. The fraction of sp³-hybridized carbons (Fsp3) is 1.00. The van der Waals surface area contributed by atoms with E-state index < -0.39 is 12.2 Å². The van der Waals surface area contributed by atoms with Gasteiger partial charge >= 0.3 is 0 Å². The number of aliphatic hydroxyl groups excluding tert-OH is 4. The van der Waals surface area contributed by atoms with Crippen molar-refractivity contribution in [1.82, 2.24) is 0 Å². The van der Waals surface area contributed by atoms with Crippen molar-refractivity contribution in [3.63, 3.8) is 0 Å². The lowest BCUT2D eigenvalue weighted by atomic mass is 10.0. The quantitative estimate of drug-likeness (QED) is 0.158. The molecule has 0 aromatic heterocycles. The third kappa shape index (κ3) is 16.4. The van der Waals surface area contributed by atoms with Crippen LogP contribution in [0.4, 0.5) is 0 Å². The summed E-state index contributed by atoms with van der Waals surface area (Å²) in [6.45, 7) is 10.3. The molecule has 0 rings (SSSR count). The first-order valence-corrected chi connectivity index (χ1v) is 14.3. The molecular weight excluding hydrogens is 440 g/mol. The van der Waals surface area contributed by atoms with Crippen LogP contribution in [0.25, 0.3) is 0 Å². The third-order valence-electron chi connectivity index (χ3n) is 6.41. The first-order valence-electron chi connectivity index (χ1n) is 13.4. The molecule has 0 fully saturated rings. The van der Waals surface area contributed by atoms with Crippen molar-refractivity contribution in [3.8, 4) is 0 Å². The van der Waals surface area contributed by atoms with Crippen molar-refractivity contribution < 1.29 is 29.9 Å². The number of rotatable bonds is 24. The number of ether oxygens (including phenoxy) is 2. The van der Waals surface area contributed by atoms with Crippen molar-refractivity contribution in [2.45, 2.75) is 115 Å². The first-order chi connectivity index (χ1) is 16.0. The zero-order chi connectivity index (χ0) is 24.9. The molecule has 0 heterocycles. The van der Waals surface area contributed by atoms with E-state index in [0.29, 0.717) is 37.9 Å². The van der Waals surface area contributed by atoms with E-state index in [0.717, 1.165) is 25.7 Å². The van der Waals surface area contributed by atoms with Gasteiger partial charge in [-0.05, 0) is 37.5 Å². The molecule has 0 saturated carbocycles. The average molecular weight is 495 g/mol. The van der Waals surface area contributed by atoms with E-state index >= 15 is 0 Å². The molecule has 7 heteroatoms. The Morgan fingerprint density at radius 3 is 1.30 bits per heavy atom. The van der Waals surface area contributed by atoms with E-state index in [1.807, 2.05) is 0 Å². The monoisotopic (exact) mass is 494 g/mol. The summed E-state index contributed by atoms with van der Waals surface area (Å²) in [7, 11) is 0. The summed E-state index contributed by atoms with van der Waals surface area (Å²) in [5, 5.41) is 39.9. The Morgan fingerprint density at radius 1 is 0.606 bits per heavy atom. The number of hydrogen-bond acceptors (Lipinski definition) is 7. The smallest absolute Gasteiger partial charge is 0.0892 e. The van der Waals surface area contributed by atoms with E-state index in [2.05, 4.69) is 27.7 Å². The summed E-state index contributed by atoms with van der Waals surface area (Å²) in [6, 6.07) is 0. The number of hydrogen-bond donors (Lipinski definition) is 4. The first kappa shape index (κ1) is 33.1. The highest BCUT2D eigenvalue weighted by molar-refractivity contribution is 8.00. The average Bonchev–Trinajstić information content (AvgIpc) is 2.82. The zero-order valence-electron chi connectivity index (χ0n) is 21.8. The molecular formula is C26H54O6S. The molecule has 6 nitrogen and oxygen atoms in total. The Hall–Kier alpha value is 0.110. The molecule has 6 atom stereocenters. The van der Waals surface area contributed by atoms with Crippen LogP contribution < -0.4 is 0 Å². The molecule has 0 amide bonds. The molecule has 200 valence electrons. The topological polar surface area (TPSA) is 99.4 Å². The minimum absolute atomic E-state index is 0.0448. The van der Waals surface area contributed by atoms with Crippen molar-refractivity contribution in [2.75, 3.05) is 39.6 Å².